The molecule has 4 nitrogen and oxygen atoms in total. The van der Waals surface area contributed by atoms with Crippen molar-refractivity contribution in [2.24, 2.45) is 5.73 Å². The van der Waals surface area contributed by atoms with Crippen LogP contribution in [0.25, 0.3) is 0 Å². The number of nitrogens with two attached hydrogens (primary N) is 1. The summed E-state index contributed by atoms with van der Waals surface area (Å²) in [5.41, 5.74) is 6.56. The second kappa shape index (κ2) is 6.90. The lowest BCUT2D eigenvalue weighted by Gasteiger charge is -2.14. The molecule has 0 aliphatic heterocycles. The normalized spacial score (nSPS) is 11.4. The van der Waals surface area contributed by atoms with E-state index >= 15 is 0 Å². The summed E-state index contributed by atoms with van der Waals surface area (Å²) >= 11 is 5.88. The fourth-order valence-electron chi connectivity index (χ4n) is 1.35. The van der Waals surface area contributed by atoms with Crippen LogP contribution in [0.3, 0.4) is 0 Å². The molecule has 0 aliphatic rings. The molecule has 5 heteroatoms. The Balaban J connectivity index is 2.67. The smallest absolute Gasteiger partial charge is 0.258 e. The van der Waals surface area contributed by atoms with Crippen molar-refractivity contribution in [3.63, 3.8) is 0 Å². The molecule has 0 radical (unpaired) electrons. The van der Waals surface area contributed by atoms with E-state index in [9.17, 15) is 4.79 Å². The van der Waals surface area contributed by atoms with Crippen LogP contribution in [0.5, 0.6) is 5.75 Å². The highest BCUT2D eigenvalue weighted by atomic mass is 35.5. The summed E-state index contributed by atoms with van der Waals surface area (Å²) in [6.07, 6.45) is 5.03. The molecule has 1 amide bonds. The number of terminal acetylenes is 1. The molecule has 1 aromatic carbocycles. The van der Waals surface area contributed by atoms with Crippen LogP contribution in [0.4, 0.5) is 0 Å². The number of rotatable bonds is 5. The molecule has 0 aromatic heterocycles. The molecule has 1 rings (SSSR count). The molecule has 96 valence electrons. The molecule has 0 heterocycles. The molecular weight excluding hydrogens is 252 g/mol. The molecule has 0 bridgehead atoms. The minimum absolute atomic E-state index is 0.108. The average molecular weight is 267 g/mol. The van der Waals surface area contributed by atoms with E-state index in [1.54, 1.807) is 18.2 Å². The number of carbonyl (C=O) groups is 1. The first-order chi connectivity index (χ1) is 8.54. The van der Waals surface area contributed by atoms with Crippen LogP contribution >= 0.6 is 11.6 Å². The number of hydrogen-bond acceptors (Lipinski definition) is 3. The van der Waals surface area contributed by atoms with Crippen molar-refractivity contribution >= 4 is 17.5 Å². The van der Waals surface area contributed by atoms with Gasteiger partial charge < -0.3 is 15.8 Å². The summed E-state index contributed by atoms with van der Waals surface area (Å²) in [4.78, 5) is 11.3. The van der Waals surface area contributed by atoms with Gasteiger partial charge in [-0.2, -0.15) is 0 Å². The standard InChI is InChI=1S/C13H15ClN2O2/c1-3-6-16-13(17)8-18-12-5-4-10(14)7-11(12)9(2)15/h1,4-5,7,9H,6,8,15H2,2H3,(H,16,17)/t9-/m0/s1. The largest absolute Gasteiger partial charge is 0.483 e. The first-order valence-electron chi connectivity index (χ1n) is 5.42. The van der Waals surface area contributed by atoms with Crippen LogP contribution < -0.4 is 15.8 Å². The van der Waals surface area contributed by atoms with E-state index in [0.717, 1.165) is 5.56 Å². The predicted octanol–water partition coefficient (Wildman–Crippen LogP) is 1.49. The quantitative estimate of drug-likeness (QED) is 0.794. The molecule has 3 N–H and O–H groups in total. The number of benzene rings is 1. The van der Waals surface area contributed by atoms with Crippen molar-refractivity contribution in [1.29, 1.82) is 0 Å². The molecule has 0 saturated heterocycles. The molecule has 1 atom stereocenters. The minimum Gasteiger partial charge on any atom is -0.483 e. The Morgan fingerprint density at radius 3 is 3.00 bits per heavy atom. The van der Waals surface area contributed by atoms with Gasteiger partial charge in [-0.1, -0.05) is 17.5 Å². The first-order valence-corrected chi connectivity index (χ1v) is 5.80. The highest BCUT2D eigenvalue weighted by molar-refractivity contribution is 6.30. The van der Waals surface area contributed by atoms with Gasteiger partial charge >= 0.3 is 0 Å². The molecule has 1 aromatic rings. The first kappa shape index (κ1) is 14.4. The van der Waals surface area contributed by atoms with Crippen LogP contribution in [-0.2, 0) is 4.79 Å². The van der Waals surface area contributed by atoms with Crippen LogP contribution in [0.2, 0.25) is 5.02 Å². The molecule has 0 unspecified atom stereocenters. The summed E-state index contributed by atoms with van der Waals surface area (Å²) in [5.74, 6) is 2.58. The molecule has 0 saturated carbocycles. The summed E-state index contributed by atoms with van der Waals surface area (Å²) in [5, 5.41) is 3.08. The molecule has 18 heavy (non-hydrogen) atoms. The summed E-state index contributed by atoms with van der Waals surface area (Å²) in [7, 11) is 0. The van der Waals surface area contributed by atoms with Crippen molar-refractivity contribution in [2.75, 3.05) is 13.2 Å². The van der Waals surface area contributed by atoms with Gasteiger partial charge in [0.25, 0.3) is 5.91 Å². The lowest BCUT2D eigenvalue weighted by Crippen LogP contribution is -2.29. The van der Waals surface area contributed by atoms with Gasteiger partial charge in [-0.05, 0) is 25.1 Å². The summed E-state index contributed by atoms with van der Waals surface area (Å²) in [6.45, 7) is 1.89. The van der Waals surface area contributed by atoms with Crippen molar-refractivity contribution < 1.29 is 9.53 Å². The zero-order chi connectivity index (χ0) is 13.5. The van der Waals surface area contributed by atoms with Gasteiger partial charge in [0, 0.05) is 16.6 Å². The monoisotopic (exact) mass is 266 g/mol. The fourth-order valence-corrected chi connectivity index (χ4v) is 1.53. The lowest BCUT2D eigenvalue weighted by atomic mass is 10.1. The third kappa shape index (κ3) is 4.28. The second-order valence-corrected chi connectivity index (χ2v) is 4.18. The Morgan fingerprint density at radius 2 is 2.39 bits per heavy atom. The molecule has 0 fully saturated rings. The Kier molecular flexibility index (Phi) is 5.50. The van der Waals surface area contributed by atoms with Gasteiger partial charge in [-0.25, -0.2) is 0 Å². The van der Waals surface area contributed by atoms with E-state index in [1.165, 1.54) is 0 Å². The van der Waals surface area contributed by atoms with Crippen molar-refractivity contribution in [3.8, 4) is 18.1 Å². The number of nitrogens with one attached hydrogen (secondary N) is 1. The van der Waals surface area contributed by atoms with E-state index in [1.807, 2.05) is 6.92 Å². The maximum Gasteiger partial charge on any atom is 0.258 e. The van der Waals surface area contributed by atoms with Gasteiger partial charge in [-0.3, -0.25) is 4.79 Å². The van der Waals surface area contributed by atoms with Crippen LogP contribution in [0, 0.1) is 12.3 Å². The summed E-state index contributed by atoms with van der Waals surface area (Å²) in [6, 6.07) is 4.87. The maximum absolute atomic E-state index is 11.3. The Labute approximate surface area is 111 Å². The van der Waals surface area contributed by atoms with Gasteiger partial charge in [0.05, 0.1) is 6.54 Å². The third-order valence-corrected chi connectivity index (χ3v) is 2.44. The van der Waals surface area contributed by atoms with Crippen LogP contribution in [-0.4, -0.2) is 19.1 Å². The van der Waals surface area contributed by atoms with Crippen molar-refractivity contribution in [3.05, 3.63) is 28.8 Å². The van der Waals surface area contributed by atoms with Gasteiger partial charge in [-0.15, -0.1) is 6.42 Å². The highest BCUT2D eigenvalue weighted by Crippen LogP contribution is 2.27. The van der Waals surface area contributed by atoms with Gasteiger partial charge in [0.15, 0.2) is 6.61 Å². The number of hydrogen-bond donors (Lipinski definition) is 2. The van der Waals surface area contributed by atoms with Crippen LogP contribution in [0.15, 0.2) is 18.2 Å². The summed E-state index contributed by atoms with van der Waals surface area (Å²) < 4.78 is 5.39. The molecule has 0 spiro atoms. The number of carbonyl (C=O) groups excluding carboxylic acids is 1. The average Bonchev–Trinajstić information content (AvgIpc) is 2.34. The Hall–Kier alpha value is -1.70. The number of ether oxygens (including phenoxy) is 1. The zero-order valence-electron chi connectivity index (χ0n) is 10.1. The minimum atomic E-state index is -0.279. The highest BCUT2D eigenvalue weighted by Gasteiger charge is 2.10. The number of halogens is 1. The predicted molar refractivity (Wildman–Crippen MR) is 71.4 cm³/mol. The van der Waals surface area contributed by atoms with Gasteiger partial charge in [0.1, 0.15) is 5.75 Å². The molecular formula is C13H15ClN2O2. The Morgan fingerprint density at radius 1 is 1.67 bits per heavy atom. The zero-order valence-corrected chi connectivity index (χ0v) is 10.8. The van der Waals surface area contributed by atoms with Gasteiger partial charge in [0.2, 0.25) is 0 Å². The third-order valence-electron chi connectivity index (χ3n) is 2.21. The van der Waals surface area contributed by atoms with Crippen LogP contribution in [0.1, 0.15) is 18.5 Å². The van der Waals surface area contributed by atoms with E-state index in [0.29, 0.717) is 10.8 Å². The van der Waals surface area contributed by atoms with E-state index in [4.69, 9.17) is 28.5 Å². The number of amides is 1. The maximum atomic E-state index is 11.3. The van der Waals surface area contributed by atoms with Crippen molar-refractivity contribution in [2.45, 2.75) is 13.0 Å². The molecule has 0 aliphatic carbocycles. The second-order valence-electron chi connectivity index (χ2n) is 3.74. The van der Waals surface area contributed by atoms with E-state index < -0.39 is 0 Å². The Bertz CT molecular complexity index is 467. The lowest BCUT2D eigenvalue weighted by molar-refractivity contribution is -0.122. The SMILES string of the molecule is C#CCNC(=O)COc1ccc(Cl)cc1[C@H](C)N. The van der Waals surface area contributed by atoms with Crippen molar-refractivity contribution in [1.82, 2.24) is 5.32 Å². The topological polar surface area (TPSA) is 64.3 Å². The van der Waals surface area contributed by atoms with E-state index in [-0.39, 0.29) is 25.1 Å². The van der Waals surface area contributed by atoms with E-state index in [2.05, 4.69) is 11.2 Å². The fraction of sp³-hybridized carbons (Fsp3) is 0.308.